The van der Waals surface area contributed by atoms with Crippen molar-refractivity contribution in [1.82, 2.24) is 4.98 Å². The molecule has 0 saturated heterocycles. The number of hydrogen-bond acceptors (Lipinski definition) is 5. The molecule has 0 bridgehead atoms. The lowest BCUT2D eigenvalue weighted by Crippen LogP contribution is -2.31. The van der Waals surface area contributed by atoms with Gasteiger partial charge in [-0.2, -0.15) is 0 Å². The van der Waals surface area contributed by atoms with Crippen LogP contribution in [0.3, 0.4) is 0 Å². The van der Waals surface area contributed by atoms with Crippen molar-refractivity contribution in [3.63, 3.8) is 0 Å². The molecule has 1 aromatic heterocycles. The highest BCUT2D eigenvalue weighted by Gasteiger charge is 2.18. The fraction of sp³-hybridized carbons (Fsp3) is 0.200. The highest BCUT2D eigenvalue weighted by atomic mass is 32.2. The minimum atomic E-state index is -3.52. The first-order valence-electron chi connectivity index (χ1n) is 12.4. The average Bonchev–Trinajstić information content (AvgIpc) is 2.92. The van der Waals surface area contributed by atoms with Gasteiger partial charge in [0.05, 0.1) is 11.9 Å². The Bertz CT molecular complexity index is 1410. The Morgan fingerprint density at radius 1 is 0.842 bits per heavy atom. The third-order valence-electron chi connectivity index (χ3n) is 5.93. The van der Waals surface area contributed by atoms with Gasteiger partial charge in [-0.1, -0.05) is 42.5 Å². The Morgan fingerprint density at radius 2 is 1.50 bits per heavy atom. The second-order valence-corrected chi connectivity index (χ2v) is 10.9. The molecule has 0 unspecified atom stereocenters. The van der Waals surface area contributed by atoms with Crippen LogP contribution in [0.2, 0.25) is 0 Å². The molecule has 0 fully saturated rings. The van der Waals surface area contributed by atoms with Gasteiger partial charge in [-0.25, -0.2) is 8.42 Å². The summed E-state index contributed by atoms with van der Waals surface area (Å²) in [7, 11) is -3.52. The fourth-order valence-corrected chi connectivity index (χ4v) is 4.95. The van der Waals surface area contributed by atoms with Crippen LogP contribution in [-0.2, 0) is 27.8 Å². The lowest BCUT2D eigenvalue weighted by Gasteiger charge is -2.22. The van der Waals surface area contributed by atoms with Crippen LogP contribution >= 0.6 is 0 Å². The molecule has 7 nitrogen and oxygen atoms in total. The number of ether oxygens (including phenoxy) is 1. The van der Waals surface area contributed by atoms with Crippen molar-refractivity contribution >= 4 is 27.3 Å². The van der Waals surface area contributed by atoms with Crippen LogP contribution in [0.15, 0.2) is 103 Å². The predicted octanol–water partition coefficient (Wildman–Crippen LogP) is 5.44. The first-order valence-corrected chi connectivity index (χ1v) is 14.2. The van der Waals surface area contributed by atoms with E-state index >= 15 is 0 Å². The molecule has 1 N–H and O–H groups in total. The van der Waals surface area contributed by atoms with Gasteiger partial charge in [-0.3, -0.25) is 14.1 Å². The Labute approximate surface area is 224 Å². The van der Waals surface area contributed by atoms with Crippen LogP contribution in [0.1, 0.15) is 29.5 Å². The molecule has 8 heteroatoms. The van der Waals surface area contributed by atoms with E-state index in [9.17, 15) is 13.2 Å². The molecule has 196 valence electrons. The molecule has 4 rings (SSSR count). The molecule has 38 heavy (non-hydrogen) atoms. The number of aromatic nitrogens is 1. The molecule has 4 aromatic rings. The lowest BCUT2D eigenvalue weighted by molar-refractivity contribution is -0.116. The number of carbonyl (C=O) groups is 1. The Hall–Kier alpha value is -4.17. The van der Waals surface area contributed by atoms with Crippen LogP contribution < -0.4 is 14.4 Å². The van der Waals surface area contributed by atoms with Gasteiger partial charge in [0.1, 0.15) is 12.4 Å². The van der Waals surface area contributed by atoms with Crippen molar-refractivity contribution in [1.29, 1.82) is 0 Å². The molecule has 0 spiro atoms. The fourth-order valence-electron chi connectivity index (χ4n) is 3.98. The number of nitrogens with zero attached hydrogens (tertiary/aromatic N) is 2. The number of hydrogen-bond donors (Lipinski definition) is 1. The van der Waals surface area contributed by atoms with E-state index in [2.05, 4.69) is 10.3 Å². The normalized spacial score (nSPS) is 11.1. The van der Waals surface area contributed by atoms with Crippen molar-refractivity contribution < 1.29 is 17.9 Å². The monoisotopic (exact) mass is 529 g/mol. The first kappa shape index (κ1) is 26.9. The third-order valence-corrected chi connectivity index (χ3v) is 7.13. The van der Waals surface area contributed by atoms with Crippen LogP contribution in [0.25, 0.3) is 0 Å². The highest BCUT2D eigenvalue weighted by Crippen LogP contribution is 2.23. The Kier molecular flexibility index (Phi) is 9.11. The quantitative estimate of drug-likeness (QED) is 0.264. The van der Waals surface area contributed by atoms with Gasteiger partial charge < -0.3 is 10.1 Å². The second-order valence-electron chi connectivity index (χ2n) is 8.98. The van der Waals surface area contributed by atoms with E-state index in [4.69, 9.17) is 4.74 Å². The predicted molar refractivity (Wildman–Crippen MR) is 151 cm³/mol. The SMILES string of the molecule is CS(=O)(=O)N(CCCC(=O)Nc1ccc(Cc2ccncc2)cc1)c1ccc(OCc2ccccc2)cc1. The van der Waals surface area contributed by atoms with Gasteiger partial charge >= 0.3 is 0 Å². The first-order chi connectivity index (χ1) is 18.4. The van der Waals surface area contributed by atoms with E-state index in [1.807, 2.05) is 66.7 Å². The van der Waals surface area contributed by atoms with E-state index in [0.717, 1.165) is 17.5 Å². The molecule has 0 aliphatic carbocycles. The summed E-state index contributed by atoms with van der Waals surface area (Å²) in [5.41, 5.74) is 4.59. The number of carbonyl (C=O) groups excluding carboxylic acids is 1. The van der Waals surface area contributed by atoms with Gasteiger partial charge in [0.2, 0.25) is 15.9 Å². The van der Waals surface area contributed by atoms with Crippen molar-refractivity contribution in [2.24, 2.45) is 0 Å². The molecular formula is C30H31N3O4S. The summed E-state index contributed by atoms with van der Waals surface area (Å²) in [4.78, 5) is 16.5. The summed E-state index contributed by atoms with van der Waals surface area (Å²) in [5.74, 6) is 0.488. The summed E-state index contributed by atoms with van der Waals surface area (Å²) in [5, 5.41) is 2.89. The number of pyridine rings is 1. The van der Waals surface area contributed by atoms with Crippen molar-refractivity contribution in [3.8, 4) is 5.75 Å². The maximum atomic E-state index is 12.5. The number of rotatable bonds is 12. The van der Waals surface area contributed by atoms with Gasteiger partial charge in [-0.05, 0) is 78.1 Å². The molecule has 0 radical (unpaired) electrons. The van der Waals surface area contributed by atoms with E-state index in [1.54, 1.807) is 36.7 Å². The van der Waals surface area contributed by atoms with Gasteiger partial charge in [0.15, 0.2) is 0 Å². The number of nitrogens with one attached hydrogen (secondary N) is 1. The van der Waals surface area contributed by atoms with E-state index < -0.39 is 10.0 Å². The molecule has 0 saturated carbocycles. The van der Waals surface area contributed by atoms with Crippen LogP contribution in [0, 0.1) is 0 Å². The molecule has 0 aliphatic heterocycles. The summed E-state index contributed by atoms with van der Waals surface area (Å²) in [6.45, 7) is 0.625. The van der Waals surface area contributed by atoms with Crippen molar-refractivity contribution in [2.45, 2.75) is 25.9 Å². The number of benzene rings is 3. The van der Waals surface area contributed by atoms with Crippen molar-refractivity contribution in [3.05, 3.63) is 120 Å². The van der Waals surface area contributed by atoms with E-state index in [0.29, 0.717) is 30.2 Å². The zero-order chi connectivity index (χ0) is 26.8. The van der Waals surface area contributed by atoms with Crippen molar-refractivity contribution in [2.75, 3.05) is 22.4 Å². The Morgan fingerprint density at radius 3 is 2.16 bits per heavy atom. The summed E-state index contributed by atoms with van der Waals surface area (Å²) >= 11 is 0. The second kappa shape index (κ2) is 12.9. The van der Waals surface area contributed by atoms with E-state index in [-0.39, 0.29) is 18.9 Å². The zero-order valence-corrected chi connectivity index (χ0v) is 22.1. The molecule has 0 aliphatic rings. The molecule has 3 aromatic carbocycles. The maximum Gasteiger partial charge on any atom is 0.232 e. The number of anilines is 2. The highest BCUT2D eigenvalue weighted by molar-refractivity contribution is 7.92. The molecule has 0 atom stereocenters. The minimum Gasteiger partial charge on any atom is -0.489 e. The average molecular weight is 530 g/mol. The van der Waals surface area contributed by atoms with Crippen LogP contribution in [-0.4, -0.2) is 32.1 Å². The maximum absolute atomic E-state index is 12.5. The summed E-state index contributed by atoms with van der Waals surface area (Å²) in [6.07, 6.45) is 6.07. The van der Waals surface area contributed by atoms with E-state index in [1.165, 1.54) is 16.1 Å². The summed E-state index contributed by atoms with van der Waals surface area (Å²) < 4.78 is 32.0. The smallest absolute Gasteiger partial charge is 0.232 e. The van der Waals surface area contributed by atoms with Gasteiger partial charge in [0, 0.05) is 31.0 Å². The number of sulfonamides is 1. The zero-order valence-electron chi connectivity index (χ0n) is 21.3. The van der Waals surface area contributed by atoms with Gasteiger partial charge in [0.25, 0.3) is 0 Å². The standard InChI is InChI=1S/C30H31N3O4S/c1-38(35,36)33(28-13-15-29(16-14-28)37-23-26-6-3-2-4-7-26)21-5-8-30(34)32-27-11-9-24(10-12-27)22-25-17-19-31-20-18-25/h2-4,6-7,9-20H,5,8,21-23H2,1H3,(H,32,34). The molecular weight excluding hydrogens is 498 g/mol. The minimum absolute atomic E-state index is 0.162. The topological polar surface area (TPSA) is 88.6 Å². The van der Waals surface area contributed by atoms with Crippen LogP contribution in [0.5, 0.6) is 5.75 Å². The molecule has 1 amide bonds. The van der Waals surface area contributed by atoms with Crippen LogP contribution in [0.4, 0.5) is 11.4 Å². The summed E-state index contributed by atoms with van der Waals surface area (Å²) in [6, 6.07) is 28.4. The number of amides is 1. The lowest BCUT2D eigenvalue weighted by atomic mass is 10.1. The van der Waals surface area contributed by atoms with Gasteiger partial charge in [-0.15, -0.1) is 0 Å². The largest absolute Gasteiger partial charge is 0.489 e. The molecule has 1 heterocycles. The Balaban J connectivity index is 1.27. The third kappa shape index (κ3) is 8.18.